The van der Waals surface area contributed by atoms with E-state index in [9.17, 15) is 5.11 Å². The molecule has 1 N–H and O–H groups in total. The van der Waals surface area contributed by atoms with Gasteiger partial charge in [0.25, 0.3) is 0 Å². The zero-order chi connectivity index (χ0) is 18.5. The van der Waals surface area contributed by atoms with E-state index in [4.69, 9.17) is 0 Å². The van der Waals surface area contributed by atoms with Gasteiger partial charge in [-0.15, -0.1) is 0 Å². The Morgan fingerprint density at radius 3 is 2.74 bits per heavy atom. The Hall–Kier alpha value is -1.49. The molecule has 2 fully saturated rings. The first-order chi connectivity index (χ1) is 13.3. The van der Waals surface area contributed by atoms with E-state index in [1.54, 1.807) is 0 Å². The molecule has 0 bridgehead atoms. The predicted molar refractivity (Wildman–Crippen MR) is 111 cm³/mol. The highest BCUT2D eigenvalue weighted by Gasteiger charge is 2.29. The fraction of sp³-hybridized carbons (Fsp3) is 0.609. The summed E-state index contributed by atoms with van der Waals surface area (Å²) in [5, 5.41) is 10.8. The van der Waals surface area contributed by atoms with Crippen molar-refractivity contribution in [1.29, 1.82) is 0 Å². The molecule has 1 saturated heterocycles. The van der Waals surface area contributed by atoms with Gasteiger partial charge in [0.05, 0.1) is 5.52 Å². The predicted octanol–water partition coefficient (Wildman–Crippen LogP) is 3.68. The lowest BCUT2D eigenvalue weighted by molar-refractivity contribution is 0.0402. The van der Waals surface area contributed by atoms with E-state index in [-0.39, 0.29) is 6.61 Å². The first kappa shape index (κ1) is 18.9. The maximum Gasteiger partial charge on any atom is 0.0746 e. The van der Waals surface area contributed by atoms with Crippen LogP contribution in [0.1, 0.15) is 44.1 Å². The Bertz CT molecular complexity index is 723. The van der Waals surface area contributed by atoms with Crippen LogP contribution in [0, 0.1) is 5.92 Å². The number of piperazine rings is 1. The number of pyridine rings is 1. The summed E-state index contributed by atoms with van der Waals surface area (Å²) in [6.45, 7) is 5.76. The van der Waals surface area contributed by atoms with Gasteiger partial charge in [0.2, 0.25) is 0 Å². The standard InChI is InChI=1S/C23H33N3O/c27-15-11-22-18-25(13-14-26(22)16-19-6-2-1-3-7-19)17-21-9-4-8-20-10-5-12-24-23(20)21/h4-5,8-10,12,19,22,27H,1-3,6-7,11,13-18H2. The highest BCUT2D eigenvalue weighted by Crippen LogP contribution is 2.27. The molecule has 1 aromatic heterocycles. The quantitative estimate of drug-likeness (QED) is 0.845. The zero-order valence-corrected chi connectivity index (χ0v) is 16.4. The summed E-state index contributed by atoms with van der Waals surface area (Å²) in [5.74, 6) is 0.869. The van der Waals surface area contributed by atoms with E-state index in [0.717, 1.165) is 44.0 Å². The van der Waals surface area contributed by atoms with Crippen molar-refractivity contribution in [3.8, 4) is 0 Å². The van der Waals surface area contributed by atoms with Crippen molar-refractivity contribution in [2.75, 3.05) is 32.8 Å². The number of hydrogen-bond acceptors (Lipinski definition) is 4. The van der Waals surface area contributed by atoms with Crippen LogP contribution in [-0.4, -0.2) is 58.7 Å². The highest BCUT2D eigenvalue weighted by molar-refractivity contribution is 5.81. The number of benzene rings is 1. The Morgan fingerprint density at radius 1 is 1.04 bits per heavy atom. The second-order valence-corrected chi connectivity index (χ2v) is 8.39. The van der Waals surface area contributed by atoms with E-state index in [1.807, 2.05) is 12.3 Å². The molecule has 2 aliphatic rings. The average molecular weight is 368 g/mol. The van der Waals surface area contributed by atoms with Gasteiger partial charge in [0.15, 0.2) is 0 Å². The van der Waals surface area contributed by atoms with Crippen LogP contribution in [0.4, 0.5) is 0 Å². The normalized spacial score (nSPS) is 23.1. The first-order valence-corrected chi connectivity index (χ1v) is 10.7. The molecule has 2 heterocycles. The second-order valence-electron chi connectivity index (χ2n) is 8.39. The third kappa shape index (κ3) is 4.68. The van der Waals surface area contributed by atoms with Gasteiger partial charge in [-0.25, -0.2) is 0 Å². The van der Waals surface area contributed by atoms with Crippen LogP contribution in [0.5, 0.6) is 0 Å². The number of rotatable bonds is 6. The minimum absolute atomic E-state index is 0.287. The topological polar surface area (TPSA) is 39.6 Å². The molecule has 4 rings (SSSR count). The van der Waals surface area contributed by atoms with Crippen molar-refractivity contribution >= 4 is 10.9 Å². The van der Waals surface area contributed by atoms with E-state index in [2.05, 4.69) is 39.0 Å². The van der Waals surface area contributed by atoms with Crippen molar-refractivity contribution in [2.24, 2.45) is 5.92 Å². The molecule has 1 aromatic carbocycles. The summed E-state index contributed by atoms with van der Waals surface area (Å²) in [4.78, 5) is 9.84. The van der Waals surface area contributed by atoms with Crippen molar-refractivity contribution < 1.29 is 5.11 Å². The Kier molecular flexibility index (Phi) is 6.38. The lowest BCUT2D eigenvalue weighted by Crippen LogP contribution is -2.54. The van der Waals surface area contributed by atoms with Crippen LogP contribution in [0.25, 0.3) is 10.9 Å². The molecule has 0 spiro atoms. The minimum Gasteiger partial charge on any atom is -0.396 e. The van der Waals surface area contributed by atoms with Crippen molar-refractivity contribution in [3.05, 3.63) is 42.1 Å². The number of aromatic nitrogens is 1. The minimum atomic E-state index is 0.287. The number of para-hydroxylation sites is 1. The van der Waals surface area contributed by atoms with Crippen LogP contribution in [0.15, 0.2) is 36.5 Å². The van der Waals surface area contributed by atoms with Crippen molar-refractivity contribution in [3.63, 3.8) is 0 Å². The summed E-state index contributed by atoms with van der Waals surface area (Å²) in [7, 11) is 0. The molecule has 146 valence electrons. The second kappa shape index (κ2) is 9.13. The van der Waals surface area contributed by atoms with Crippen LogP contribution in [-0.2, 0) is 6.54 Å². The van der Waals surface area contributed by atoms with Crippen LogP contribution < -0.4 is 0 Å². The van der Waals surface area contributed by atoms with Gasteiger partial charge in [-0.05, 0) is 36.8 Å². The van der Waals surface area contributed by atoms with Gasteiger partial charge in [-0.2, -0.15) is 0 Å². The molecule has 4 heteroatoms. The van der Waals surface area contributed by atoms with Gasteiger partial charge < -0.3 is 5.11 Å². The molecule has 27 heavy (non-hydrogen) atoms. The average Bonchev–Trinajstić information content (AvgIpc) is 2.71. The summed E-state index contributed by atoms with van der Waals surface area (Å²) >= 11 is 0. The lowest BCUT2D eigenvalue weighted by Gasteiger charge is -2.43. The lowest BCUT2D eigenvalue weighted by atomic mass is 9.88. The van der Waals surface area contributed by atoms with E-state index in [1.165, 1.54) is 49.6 Å². The van der Waals surface area contributed by atoms with Crippen LogP contribution >= 0.6 is 0 Å². The van der Waals surface area contributed by atoms with E-state index < -0.39 is 0 Å². The summed E-state index contributed by atoms with van der Waals surface area (Å²) in [6.07, 6.45) is 9.80. The third-order valence-corrected chi connectivity index (χ3v) is 6.48. The number of aliphatic hydroxyl groups excluding tert-OH is 1. The first-order valence-electron chi connectivity index (χ1n) is 10.7. The van der Waals surface area contributed by atoms with Gasteiger partial charge in [-0.1, -0.05) is 43.5 Å². The van der Waals surface area contributed by atoms with E-state index in [0.29, 0.717) is 6.04 Å². The highest BCUT2D eigenvalue weighted by atomic mass is 16.3. The Labute approximate surface area is 163 Å². The maximum absolute atomic E-state index is 9.60. The van der Waals surface area contributed by atoms with Gasteiger partial charge in [-0.3, -0.25) is 14.8 Å². The SMILES string of the molecule is OCCC1CN(Cc2cccc3cccnc23)CCN1CC1CCCCC1. The molecular formula is C23H33N3O. The smallest absolute Gasteiger partial charge is 0.0746 e. The molecule has 0 amide bonds. The van der Waals surface area contributed by atoms with Crippen LogP contribution in [0.2, 0.25) is 0 Å². The van der Waals surface area contributed by atoms with Crippen molar-refractivity contribution in [1.82, 2.24) is 14.8 Å². The zero-order valence-electron chi connectivity index (χ0n) is 16.4. The number of aliphatic hydroxyl groups is 1. The van der Waals surface area contributed by atoms with Gasteiger partial charge >= 0.3 is 0 Å². The summed E-state index contributed by atoms with van der Waals surface area (Å²) in [6, 6.07) is 11.1. The molecule has 0 radical (unpaired) electrons. The molecule has 1 atom stereocenters. The monoisotopic (exact) mass is 367 g/mol. The summed E-state index contributed by atoms with van der Waals surface area (Å²) in [5.41, 5.74) is 2.44. The van der Waals surface area contributed by atoms with Gasteiger partial charge in [0.1, 0.15) is 0 Å². The Balaban J connectivity index is 1.41. The number of nitrogens with zero attached hydrogens (tertiary/aromatic N) is 3. The Morgan fingerprint density at radius 2 is 1.89 bits per heavy atom. The molecular weight excluding hydrogens is 334 g/mol. The number of fused-ring (bicyclic) bond motifs is 1. The number of hydrogen-bond donors (Lipinski definition) is 1. The molecule has 1 unspecified atom stereocenters. The fourth-order valence-corrected chi connectivity index (χ4v) is 5.00. The molecule has 1 aliphatic carbocycles. The third-order valence-electron chi connectivity index (χ3n) is 6.48. The molecule has 1 saturated carbocycles. The largest absolute Gasteiger partial charge is 0.396 e. The molecule has 1 aliphatic heterocycles. The molecule has 4 nitrogen and oxygen atoms in total. The van der Waals surface area contributed by atoms with Crippen LogP contribution in [0.3, 0.4) is 0 Å². The molecule has 2 aromatic rings. The van der Waals surface area contributed by atoms with Crippen molar-refractivity contribution in [2.45, 2.75) is 51.1 Å². The van der Waals surface area contributed by atoms with E-state index >= 15 is 0 Å². The summed E-state index contributed by atoms with van der Waals surface area (Å²) < 4.78 is 0. The maximum atomic E-state index is 9.60. The fourth-order valence-electron chi connectivity index (χ4n) is 5.00. The van der Waals surface area contributed by atoms with Gasteiger partial charge in [0, 0.05) is 57.0 Å².